The average Bonchev–Trinajstić information content (AvgIpc) is 2.89. The van der Waals surface area contributed by atoms with Gasteiger partial charge < -0.3 is 4.90 Å². The molecular formula is C28H35N3O2S. The van der Waals surface area contributed by atoms with Gasteiger partial charge in [-0.05, 0) is 42.6 Å². The highest BCUT2D eigenvalue weighted by molar-refractivity contribution is 7.89. The van der Waals surface area contributed by atoms with E-state index < -0.39 is 10.0 Å². The monoisotopic (exact) mass is 477 g/mol. The first-order valence-electron chi connectivity index (χ1n) is 12.2. The molecule has 6 heteroatoms. The fraction of sp³-hybridized carbons (Fsp3) is 0.357. The Morgan fingerprint density at radius 1 is 0.676 bits per heavy atom. The van der Waals surface area contributed by atoms with Gasteiger partial charge in [0.15, 0.2) is 0 Å². The molecule has 3 aromatic carbocycles. The molecule has 0 bridgehead atoms. The number of unbranched alkanes of at least 4 members (excludes halogenated alkanes) is 2. The van der Waals surface area contributed by atoms with Gasteiger partial charge in [-0.2, -0.15) is 0 Å². The van der Waals surface area contributed by atoms with Crippen LogP contribution in [0.4, 0.5) is 0 Å². The molecule has 0 aliphatic carbocycles. The lowest BCUT2D eigenvalue weighted by molar-refractivity contribution is 0.108. The molecule has 0 spiro atoms. The lowest BCUT2D eigenvalue weighted by Crippen LogP contribution is -2.48. The summed E-state index contributed by atoms with van der Waals surface area (Å²) in [5.41, 5.74) is 2.69. The summed E-state index contributed by atoms with van der Waals surface area (Å²) in [5, 5.41) is 0. The normalized spacial score (nSPS) is 15.6. The summed E-state index contributed by atoms with van der Waals surface area (Å²) >= 11 is 0. The Labute approximate surface area is 204 Å². The number of rotatable bonds is 11. The van der Waals surface area contributed by atoms with Crippen molar-refractivity contribution in [2.45, 2.75) is 30.2 Å². The molecule has 1 aliphatic heterocycles. The Hall–Kier alpha value is -2.51. The van der Waals surface area contributed by atoms with E-state index in [-0.39, 0.29) is 0 Å². The summed E-state index contributed by atoms with van der Waals surface area (Å²) < 4.78 is 27.3. The van der Waals surface area contributed by atoms with Crippen molar-refractivity contribution in [1.29, 1.82) is 0 Å². The van der Waals surface area contributed by atoms with Crippen molar-refractivity contribution in [1.82, 2.24) is 14.5 Å². The van der Waals surface area contributed by atoms with Crippen LogP contribution in [0, 0.1) is 0 Å². The number of nitrogens with one attached hydrogen (secondary N) is 1. The number of hydrogen-bond acceptors (Lipinski definition) is 4. The third kappa shape index (κ3) is 6.76. The minimum atomic E-state index is -3.39. The van der Waals surface area contributed by atoms with Crippen molar-refractivity contribution in [2.24, 2.45) is 0 Å². The van der Waals surface area contributed by atoms with E-state index in [4.69, 9.17) is 0 Å². The van der Waals surface area contributed by atoms with E-state index in [0.717, 1.165) is 52.0 Å². The molecule has 1 aliphatic rings. The number of benzene rings is 3. The first-order chi connectivity index (χ1) is 16.6. The van der Waals surface area contributed by atoms with E-state index in [0.29, 0.717) is 17.5 Å². The lowest BCUT2D eigenvalue weighted by Gasteiger charge is -2.39. The second kappa shape index (κ2) is 12.3. The third-order valence-corrected chi connectivity index (χ3v) is 7.98. The van der Waals surface area contributed by atoms with Gasteiger partial charge in [-0.3, -0.25) is 4.90 Å². The van der Waals surface area contributed by atoms with Crippen LogP contribution in [0.15, 0.2) is 95.9 Å². The van der Waals surface area contributed by atoms with E-state index in [9.17, 15) is 8.42 Å². The second-order valence-corrected chi connectivity index (χ2v) is 10.6. The maximum absolute atomic E-state index is 12.3. The molecule has 0 amide bonds. The van der Waals surface area contributed by atoms with Gasteiger partial charge in [0.1, 0.15) is 0 Å². The zero-order valence-electron chi connectivity index (χ0n) is 19.7. The Morgan fingerprint density at radius 3 is 1.76 bits per heavy atom. The van der Waals surface area contributed by atoms with Crippen LogP contribution in [0.1, 0.15) is 36.4 Å². The van der Waals surface area contributed by atoms with E-state index >= 15 is 0 Å². The third-order valence-electron chi connectivity index (χ3n) is 6.50. The molecule has 0 radical (unpaired) electrons. The molecule has 4 rings (SSSR count). The Bertz CT molecular complexity index is 1040. The topological polar surface area (TPSA) is 52.7 Å². The Balaban J connectivity index is 1.20. The maximum atomic E-state index is 12.3. The largest absolute Gasteiger partial charge is 0.301 e. The first kappa shape index (κ1) is 24.6. The van der Waals surface area contributed by atoms with Crippen molar-refractivity contribution in [3.8, 4) is 0 Å². The van der Waals surface area contributed by atoms with Gasteiger partial charge in [0.2, 0.25) is 10.0 Å². The van der Waals surface area contributed by atoms with Crippen LogP contribution < -0.4 is 4.72 Å². The van der Waals surface area contributed by atoms with Gasteiger partial charge >= 0.3 is 0 Å². The Kier molecular flexibility index (Phi) is 8.88. The van der Waals surface area contributed by atoms with Crippen LogP contribution in [0.5, 0.6) is 0 Å². The Morgan fingerprint density at radius 2 is 1.21 bits per heavy atom. The van der Waals surface area contributed by atoms with Crippen LogP contribution >= 0.6 is 0 Å². The van der Waals surface area contributed by atoms with Crippen LogP contribution in [-0.4, -0.2) is 57.5 Å². The number of hydrogen-bond donors (Lipinski definition) is 1. The molecular weight excluding hydrogens is 442 g/mol. The highest BCUT2D eigenvalue weighted by Gasteiger charge is 2.26. The van der Waals surface area contributed by atoms with Crippen LogP contribution in [0.3, 0.4) is 0 Å². The molecule has 3 aromatic rings. The summed E-state index contributed by atoms with van der Waals surface area (Å²) in [6, 6.07) is 30.5. The maximum Gasteiger partial charge on any atom is 0.240 e. The predicted octanol–water partition coefficient (Wildman–Crippen LogP) is 4.54. The summed E-state index contributed by atoms with van der Waals surface area (Å²) in [6.07, 6.45) is 2.97. The van der Waals surface area contributed by atoms with Gasteiger partial charge in [0.25, 0.3) is 0 Å². The smallest absolute Gasteiger partial charge is 0.240 e. The highest BCUT2D eigenvalue weighted by atomic mass is 32.2. The predicted molar refractivity (Wildman–Crippen MR) is 138 cm³/mol. The lowest BCUT2D eigenvalue weighted by atomic mass is 9.96. The molecule has 0 atom stereocenters. The van der Waals surface area contributed by atoms with Gasteiger partial charge in [0.05, 0.1) is 10.9 Å². The van der Waals surface area contributed by atoms with E-state index in [2.05, 4.69) is 75.2 Å². The van der Waals surface area contributed by atoms with E-state index in [1.54, 1.807) is 24.3 Å². The van der Waals surface area contributed by atoms with Gasteiger partial charge in [-0.25, -0.2) is 13.1 Å². The molecule has 1 fully saturated rings. The summed E-state index contributed by atoms with van der Waals surface area (Å²) in [7, 11) is -3.39. The van der Waals surface area contributed by atoms with Crippen LogP contribution in [-0.2, 0) is 10.0 Å². The second-order valence-electron chi connectivity index (χ2n) is 8.87. The van der Waals surface area contributed by atoms with Crippen LogP contribution in [0.25, 0.3) is 0 Å². The SMILES string of the molecule is O=S(=O)(NCCCCCN1CCN(C(c2ccccc2)c2ccccc2)CC1)c1ccccc1. The molecule has 1 N–H and O–H groups in total. The molecule has 34 heavy (non-hydrogen) atoms. The minimum Gasteiger partial charge on any atom is -0.301 e. The molecule has 5 nitrogen and oxygen atoms in total. The minimum absolute atomic E-state index is 0.294. The fourth-order valence-corrected chi connectivity index (χ4v) is 5.75. The molecule has 0 aromatic heterocycles. The highest BCUT2D eigenvalue weighted by Crippen LogP contribution is 2.29. The zero-order chi connectivity index (χ0) is 23.6. The number of sulfonamides is 1. The first-order valence-corrected chi connectivity index (χ1v) is 13.7. The molecule has 180 valence electrons. The molecule has 1 saturated heterocycles. The molecule has 1 heterocycles. The van der Waals surface area contributed by atoms with Crippen molar-refractivity contribution < 1.29 is 8.42 Å². The number of nitrogens with zero attached hydrogens (tertiary/aromatic N) is 2. The molecule has 0 saturated carbocycles. The van der Waals surface area contributed by atoms with Crippen LogP contribution in [0.2, 0.25) is 0 Å². The van der Waals surface area contributed by atoms with Gasteiger partial charge in [0, 0.05) is 32.7 Å². The standard InChI is InChI=1S/C28H35N3O2S/c32-34(33,27-17-9-3-10-18-27)29-19-11-4-12-20-30-21-23-31(24-22-30)28(25-13-5-1-6-14-25)26-15-7-2-8-16-26/h1-3,5-10,13-18,28-29H,4,11-12,19-24H2. The van der Waals surface area contributed by atoms with Crippen molar-refractivity contribution in [2.75, 3.05) is 39.3 Å². The van der Waals surface area contributed by atoms with E-state index in [1.807, 2.05) is 6.07 Å². The van der Waals surface area contributed by atoms with E-state index in [1.165, 1.54) is 11.1 Å². The summed E-state index contributed by atoms with van der Waals surface area (Å²) in [5.74, 6) is 0. The summed E-state index contributed by atoms with van der Waals surface area (Å²) in [6.45, 7) is 5.78. The summed E-state index contributed by atoms with van der Waals surface area (Å²) in [4.78, 5) is 5.47. The van der Waals surface area contributed by atoms with Gasteiger partial charge in [-0.15, -0.1) is 0 Å². The van der Waals surface area contributed by atoms with Crippen molar-refractivity contribution in [3.63, 3.8) is 0 Å². The van der Waals surface area contributed by atoms with Gasteiger partial charge in [-0.1, -0.05) is 85.3 Å². The molecule has 0 unspecified atom stereocenters. The quantitative estimate of drug-likeness (QED) is 0.412. The average molecular weight is 478 g/mol. The zero-order valence-corrected chi connectivity index (χ0v) is 20.5. The fourth-order valence-electron chi connectivity index (χ4n) is 4.66. The number of piperazine rings is 1. The van der Waals surface area contributed by atoms with Crippen molar-refractivity contribution in [3.05, 3.63) is 102 Å². The van der Waals surface area contributed by atoms with Crippen molar-refractivity contribution >= 4 is 10.0 Å².